The Hall–Kier alpha value is -0.510. The molecule has 1 N–H and O–H groups in total. The van der Waals surface area contributed by atoms with Gasteiger partial charge in [-0.15, -0.1) is 0 Å². The van der Waals surface area contributed by atoms with E-state index in [9.17, 15) is 4.79 Å². The zero-order chi connectivity index (χ0) is 12.8. The molecule has 3 rings (SSSR count). The average molecular weight is 266 g/mol. The average Bonchev–Trinajstić information content (AvgIpc) is 2.96. The molecular weight excluding hydrogens is 244 g/mol. The third-order valence-electron chi connectivity index (χ3n) is 4.73. The molecular formula is C14H22N2OS. The zero-order valence-corrected chi connectivity index (χ0v) is 12.1. The smallest absolute Gasteiger partial charge is 0.242 e. The molecule has 0 aromatic heterocycles. The minimum Gasteiger partial charge on any atom is -0.304 e. The van der Waals surface area contributed by atoms with Crippen molar-refractivity contribution in [3.8, 4) is 0 Å². The molecule has 3 fully saturated rings. The normalized spacial score (nSPS) is 44.9. The highest BCUT2D eigenvalue weighted by atomic mass is 32.2. The van der Waals surface area contributed by atoms with Gasteiger partial charge in [-0.3, -0.25) is 9.79 Å². The van der Waals surface area contributed by atoms with Crippen molar-refractivity contribution >= 4 is 22.8 Å². The molecule has 100 valence electrons. The second-order valence-corrected chi connectivity index (χ2v) is 7.71. The van der Waals surface area contributed by atoms with E-state index in [0.29, 0.717) is 6.04 Å². The highest BCUT2D eigenvalue weighted by Gasteiger charge is 2.44. The molecule has 2 aliphatic carbocycles. The molecule has 4 heteroatoms. The van der Waals surface area contributed by atoms with Gasteiger partial charge >= 0.3 is 0 Å². The number of hydrogen-bond acceptors (Lipinski definition) is 3. The predicted molar refractivity (Wildman–Crippen MR) is 75.7 cm³/mol. The number of carbonyl (C=O) groups excluding carboxylic acids is 1. The molecule has 0 spiro atoms. The minimum absolute atomic E-state index is 0.149. The number of hydrogen-bond donors (Lipinski definition) is 1. The Morgan fingerprint density at radius 2 is 2.28 bits per heavy atom. The van der Waals surface area contributed by atoms with Crippen molar-refractivity contribution in [3.63, 3.8) is 0 Å². The molecule has 18 heavy (non-hydrogen) atoms. The van der Waals surface area contributed by atoms with Gasteiger partial charge in [-0.05, 0) is 44.4 Å². The fourth-order valence-corrected chi connectivity index (χ4v) is 4.94. The van der Waals surface area contributed by atoms with Crippen molar-refractivity contribution < 1.29 is 4.79 Å². The van der Waals surface area contributed by atoms with Gasteiger partial charge in [-0.25, -0.2) is 0 Å². The summed E-state index contributed by atoms with van der Waals surface area (Å²) in [7, 11) is 0. The minimum atomic E-state index is -0.287. The lowest BCUT2D eigenvalue weighted by molar-refractivity contribution is -0.121. The van der Waals surface area contributed by atoms with Crippen molar-refractivity contribution in [2.75, 3.05) is 0 Å². The molecule has 0 unspecified atom stereocenters. The number of thioether (sulfide) groups is 1. The van der Waals surface area contributed by atoms with Crippen LogP contribution in [0, 0.1) is 11.8 Å². The third kappa shape index (κ3) is 2.09. The van der Waals surface area contributed by atoms with E-state index < -0.39 is 0 Å². The second-order valence-electron chi connectivity index (χ2n) is 6.21. The van der Waals surface area contributed by atoms with Crippen LogP contribution in [0.2, 0.25) is 0 Å². The molecule has 3 aliphatic rings. The Bertz CT molecular complexity index is 395. The van der Waals surface area contributed by atoms with Crippen LogP contribution in [0.3, 0.4) is 0 Å². The topological polar surface area (TPSA) is 41.5 Å². The van der Waals surface area contributed by atoms with Crippen LogP contribution in [-0.2, 0) is 4.79 Å². The van der Waals surface area contributed by atoms with E-state index >= 15 is 0 Å². The van der Waals surface area contributed by atoms with E-state index in [1.807, 2.05) is 6.92 Å². The van der Waals surface area contributed by atoms with Gasteiger partial charge in [0.2, 0.25) is 5.91 Å². The van der Waals surface area contributed by atoms with Crippen molar-refractivity contribution in [2.24, 2.45) is 16.8 Å². The number of aliphatic imine (C=N–C) groups is 1. The number of rotatable bonds is 3. The van der Waals surface area contributed by atoms with Crippen LogP contribution in [0.15, 0.2) is 4.99 Å². The Labute approximate surface area is 113 Å². The summed E-state index contributed by atoms with van der Waals surface area (Å²) in [6, 6.07) is 0.482. The number of nitrogens with one attached hydrogen (secondary N) is 1. The summed E-state index contributed by atoms with van der Waals surface area (Å²) >= 11 is 1.65. The second kappa shape index (κ2) is 4.55. The summed E-state index contributed by atoms with van der Waals surface area (Å²) in [5, 5.41) is 3.87. The molecule has 0 aromatic carbocycles. The van der Waals surface area contributed by atoms with Gasteiger partial charge in [0.15, 0.2) is 5.17 Å². The van der Waals surface area contributed by atoms with Gasteiger partial charge in [0.05, 0.1) is 10.8 Å². The number of nitrogens with zero attached hydrogens (tertiary/aromatic N) is 1. The quantitative estimate of drug-likeness (QED) is 0.853. The third-order valence-corrected chi connectivity index (χ3v) is 5.97. The van der Waals surface area contributed by atoms with Crippen LogP contribution in [0.1, 0.15) is 52.4 Å². The maximum atomic E-state index is 12.0. The largest absolute Gasteiger partial charge is 0.304 e. The fourth-order valence-electron chi connectivity index (χ4n) is 3.73. The van der Waals surface area contributed by atoms with Gasteiger partial charge in [0.1, 0.15) is 0 Å². The molecule has 4 atom stereocenters. The van der Waals surface area contributed by atoms with Crippen molar-refractivity contribution in [2.45, 2.75) is 63.2 Å². The van der Waals surface area contributed by atoms with Gasteiger partial charge in [-0.2, -0.15) is 0 Å². The Kier molecular flexibility index (Phi) is 3.16. The fraction of sp³-hybridized carbons (Fsp3) is 0.857. The van der Waals surface area contributed by atoms with Gasteiger partial charge in [0, 0.05) is 0 Å². The number of carbonyl (C=O) groups is 1. The molecule has 0 radical (unpaired) electrons. The van der Waals surface area contributed by atoms with E-state index in [2.05, 4.69) is 12.2 Å². The maximum absolute atomic E-state index is 12.0. The SMILES string of the molecule is CCC[C@]1(C)SC(=N[C@H]2C[C@@H]3CC[C@H]2C3)NC1=O. The summed E-state index contributed by atoms with van der Waals surface area (Å²) in [6.45, 7) is 4.17. The summed E-state index contributed by atoms with van der Waals surface area (Å²) in [5.41, 5.74) is 0. The van der Waals surface area contributed by atoms with E-state index in [1.54, 1.807) is 11.8 Å². The molecule has 1 amide bonds. The molecule has 0 aromatic rings. The molecule has 3 nitrogen and oxygen atoms in total. The Balaban J connectivity index is 1.69. The van der Waals surface area contributed by atoms with Crippen molar-refractivity contribution in [1.29, 1.82) is 0 Å². The van der Waals surface area contributed by atoms with Crippen molar-refractivity contribution in [3.05, 3.63) is 0 Å². The van der Waals surface area contributed by atoms with Crippen LogP contribution in [0.4, 0.5) is 0 Å². The van der Waals surface area contributed by atoms with E-state index in [-0.39, 0.29) is 10.7 Å². The first-order valence-electron chi connectivity index (χ1n) is 7.19. The number of amidine groups is 1. The monoisotopic (exact) mass is 266 g/mol. The van der Waals surface area contributed by atoms with E-state index in [0.717, 1.165) is 29.8 Å². The molecule has 2 bridgehead atoms. The lowest BCUT2D eigenvalue weighted by atomic mass is 9.96. The molecule has 1 aliphatic heterocycles. The Morgan fingerprint density at radius 3 is 2.89 bits per heavy atom. The van der Waals surface area contributed by atoms with Crippen LogP contribution >= 0.6 is 11.8 Å². The van der Waals surface area contributed by atoms with Crippen LogP contribution < -0.4 is 5.32 Å². The summed E-state index contributed by atoms with van der Waals surface area (Å²) in [4.78, 5) is 16.9. The summed E-state index contributed by atoms with van der Waals surface area (Å²) in [6.07, 6.45) is 7.33. The van der Waals surface area contributed by atoms with Gasteiger partial charge < -0.3 is 5.32 Å². The maximum Gasteiger partial charge on any atom is 0.242 e. The first kappa shape index (κ1) is 12.5. The lowest BCUT2D eigenvalue weighted by Gasteiger charge is -2.18. The first-order chi connectivity index (χ1) is 8.60. The highest BCUT2D eigenvalue weighted by Crippen LogP contribution is 2.46. The lowest BCUT2D eigenvalue weighted by Crippen LogP contribution is -2.33. The summed E-state index contributed by atoms with van der Waals surface area (Å²) in [5.74, 6) is 1.85. The van der Waals surface area contributed by atoms with Crippen LogP contribution in [-0.4, -0.2) is 21.9 Å². The predicted octanol–water partition coefficient (Wildman–Crippen LogP) is 2.95. The van der Waals surface area contributed by atoms with E-state index in [4.69, 9.17) is 4.99 Å². The zero-order valence-electron chi connectivity index (χ0n) is 11.2. The van der Waals surface area contributed by atoms with Gasteiger partial charge in [-0.1, -0.05) is 31.5 Å². The standard InChI is InChI=1S/C14H22N2OS/c1-3-6-14(2)12(17)16-13(18-14)15-11-8-9-4-5-10(11)7-9/h9-11H,3-8H2,1-2H3,(H,15,16,17)/t9-,10+,11+,14+/m1/s1. The van der Waals surface area contributed by atoms with Gasteiger partial charge in [0.25, 0.3) is 0 Å². The number of fused-ring (bicyclic) bond motifs is 2. The Morgan fingerprint density at radius 1 is 1.44 bits per heavy atom. The molecule has 2 saturated carbocycles. The highest BCUT2D eigenvalue weighted by molar-refractivity contribution is 8.16. The van der Waals surface area contributed by atoms with Crippen molar-refractivity contribution in [1.82, 2.24) is 5.32 Å². The number of amides is 1. The van der Waals surface area contributed by atoms with E-state index in [1.165, 1.54) is 25.7 Å². The summed E-state index contributed by atoms with van der Waals surface area (Å²) < 4.78 is -0.287. The van der Waals surface area contributed by atoms with Crippen LogP contribution in [0.5, 0.6) is 0 Å². The molecule has 1 heterocycles. The van der Waals surface area contributed by atoms with Crippen LogP contribution in [0.25, 0.3) is 0 Å². The first-order valence-corrected chi connectivity index (χ1v) is 8.00. The molecule has 1 saturated heterocycles.